The number of rotatable bonds is 5. The van der Waals surface area contributed by atoms with Crippen LogP contribution in [0.2, 0.25) is 0 Å². The zero-order chi connectivity index (χ0) is 26.1. The summed E-state index contributed by atoms with van der Waals surface area (Å²) in [7, 11) is 0. The first kappa shape index (κ1) is 23.7. The molecule has 6 rings (SSSR count). The summed E-state index contributed by atoms with van der Waals surface area (Å²) in [5.41, 5.74) is 1.89. The van der Waals surface area contributed by atoms with Gasteiger partial charge in [-0.2, -0.15) is 0 Å². The van der Waals surface area contributed by atoms with Crippen molar-refractivity contribution >= 4 is 56.5 Å². The normalized spacial score (nSPS) is 14.5. The number of para-hydroxylation sites is 1. The molecule has 1 aliphatic rings. The zero-order valence-corrected chi connectivity index (χ0v) is 21.0. The number of hydrogen-bond donors (Lipinski definition) is 0. The standard InChI is InChI=1S/C32H21NO4S/c34-30-29(38-32(36)33(30)20-24-14-7-12-21-9-1-4-15-25(21)24)19-23-11-3-6-18-28(23)37-31(35)27-17-8-13-22-10-2-5-16-26(22)27/h1-19H,20H2/b29-19-. The topological polar surface area (TPSA) is 63.7 Å². The van der Waals surface area contributed by atoms with Crippen molar-refractivity contribution in [2.24, 2.45) is 0 Å². The summed E-state index contributed by atoms with van der Waals surface area (Å²) in [5, 5.41) is 3.46. The Kier molecular flexibility index (Phi) is 6.23. The number of imide groups is 1. The van der Waals surface area contributed by atoms with Crippen LogP contribution in [0.5, 0.6) is 5.75 Å². The molecule has 2 amide bonds. The predicted molar refractivity (Wildman–Crippen MR) is 151 cm³/mol. The van der Waals surface area contributed by atoms with Crippen molar-refractivity contribution in [1.29, 1.82) is 0 Å². The fourth-order valence-electron chi connectivity index (χ4n) is 4.63. The van der Waals surface area contributed by atoms with Crippen LogP contribution in [0, 0.1) is 0 Å². The van der Waals surface area contributed by atoms with Crippen molar-refractivity contribution in [1.82, 2.24) is 4.90 Å². The average molecular weight is 516 g/mol. The first-order chi connectivity index (χ1) is 18.6. The Balaban J connectivity index is 1.27. The third kappa shape index (κ3) is 4.46. The van der Waals surface area contributed by atoms with E-state index in [0.717, 1.165) is 38.9 Å². The molecule has 0 radical (unpaired) electrons. The number of carbonyl (C=O) groups is 3. The van der Waals surface area contributed by atoms with Gasteiger partial charge in [-0.1, -0.05) is 97.1 Å². The molecule has 6 heteroatoms. The van der Waals surface area contributed by atoms with Crippen LogP contribution in [0.25, 0.3) is 27.6 Å². The molecule has 5 nitrogen and oxygen atoms in total. The van der Waals surface area contributed by atoms with E-state index in [-0.39, 0.29) is 22.6 Å². The second-order valence-electron chi connectivity index (χ2n) is 8.86. The first-order valence-electron chi connectivity index (χ1n) is 12.1. The van der Waals surface area contributed by atoms with Gasteiger partial charge in [-0.3, -0.25) is 14.5 Å². The maximum Gasteiger partial charge on any atom is 0.344 e. The highest BCUT2D eigenvalue weighted by molar-refractivity contribution is 8.18. The van der Waals surface area contributed by atoms with E-state index in [1.54, 1.807) is 36.4 Å². The minimum atomic E-state index is -0.494. The lowest BCUT2D eigenvalue weighted by Gasteiger charge is -2.14. The van der Waals surface area contributed by atoms with Crippen LogP contribution in [-0.2, 0) is 11.3 Å². The van der Waals surface area contributed by atoms with E-state index in [0.29, 0.717) is 16.9 Å². The largest absolute Gasteiger partial charge is 0.422 e. The number of benzene rings is 5. The van der Waals surface area contributed by atoms with Crippen molar-refractivity contribution in [3.05, 3.63) is 131 Å². The molecule has 184 valence electrons. The number of ether oxygens (including phenoxy) is 1. The molecule has 1 heterocycles. The van der Waals surface area contributed by atoms with Crippen LogP contribution < -0.4 is 4.74 Å². The molecule has 0 aliphatic carbocycles. The smallest absolute Gasteiger partial charge is 0.344 e. The van der Waals surface area contributed by atoms with Crippen LogP contribution in [0.1, 0.15) is 21.5 Å². The maximum atomic E-state index is 13.3. The third-order valence-electron chi connectivity index (χ3n) is 6.50. The van der Waals surface area contributed by atoms with Gasteiger partial charge in [-0.05, 0) is 57.1 Å². The molecule has 1 fully saturated rings. The molecule has 0 unspecified atom stereocenters. The number of amides is 2. The second kappa shape index (κ2) is 10.00. The molecule has 38 heavy (non-hydrogen) atoms. The fourth-order valence-corrected chi connectivity index (χ4v) is 5.46. The van der Waals surface area contributed by atoms with E-state index in [9.17, 15) is 14.4 Å². The Bertz CT molecular complexity index is 1760. The molecule has 5 aromatic carbocycles. The van der Waals surface area contributed by atoms with Gasteiger partial charge in [0, 0.05) is 5.56 Å². The summed E-state index contributed by atoms with van der Waals surface area (Å²) in [4.78, 5) is 40.8. The molecule has 5 aromatic rings. The molecule has 0 atom stereocenters. The molecule has 0 aromatic heterocycles. The van der Waals surface area contributed by atoms with Gasteiger partial charge in [-0.25, -0.2) is 4.79 Å². The SMILES string of the molecule is O=C(Oc1ccccc1/C=C1\SC(=O)N(Cc2cccc3ccccc23)C1=O)c1cccc2ccccc12. The summed E-state index contributed by atoms with van der Waals surface area (Å²) in [6, 6.07) is 33.8. The molecular formula is C32H21NO4S. The Morgan fingerprint density at radius 2 is 1.37 bits per heavy atom. The van der Waals surface area contributed by atoms with Crippen molar-refractivity contribution in [3.8, 4) is 5.75 Å². The summed E-state index contributed by atoms with van der Waals surface area (Å²) in [6.07, 6.45) is 1.61. The van der Waals surface area contributed by atoms with Crippen molar-refractivity contribution in [2.45, 2.75) is 6.54 Å². The first-order valence-corrected chi connectivity index (χ1v) is 12.9. The van der Waals surface area contributed by atoms with E-state index in [4.69, 9.17) is 4.74 Å². The molecule has 1 aliphatic heterocycles. The lowest BCUT2D eigenvalue weighted by Crippen LogP contribution is -2.27. The maximum absolute atomic E-state index is 13.3. The van der Waals surface area contributed by atoms with E-state index in [1.807, 2.05) is 78.9 Å². The van der Waals surface area contributed by atoms with Crippen LogP contribution >= 0.6 is 11.8 Å². The fraction of sp³-hybridized carbons (Fsp3) is 0.0312. The van der Waals surface area contributed by atoms with Crippen LogP contribution in [0.4, 0.5) is 4.79 Å². The van der Waals surface area contributed by atoms with Crippen LogP contribution in [0.15, 0.2) is 114 Å². The van der Waals surface area contributed by atoms with Gasteiger partial charge in [0.05, 0.1) is 17.0 Å². The highest BCUT2D eigenvalue weighted by Crippen LogP contribution is 2.36. The van der Waals surface area contributed by atoms with Crippen LogP contribution in [0.3, 0.4) is 0 Å². The van der Waals surface area contributed by atoms with Crippen LogP contribution in [-0.4, -0.2) is 22.0 Å². The Hall–Kier alpha value is -4.68. The number of nitrogens with zero attached hydrogens (tertiary/aromatic N) is 1. The highest BCUT2D eigenvalue weighted by atomic mass is 32.2. The lowest BCUT2D eigenvalue weighted by molar-refractivity contribution is -0.123. The van der Waals surface area contributed by atoms with E-state index in [2.05, 4.69) is 0 Å². The summed E-state index contributed by atoms with van der Waals surface area (Å²) in [5.74, 6) is -0.555. The predicted octanol–water partition coefficient (Wildman–Crippen LogP) is 7.45. The quantitative estimate of drug-likeness (QED) is 0.138. The molecule has 0 spiro atoms. The molecule has 0 saturated carbocycles. The molecular weight excluding hydrogens is 494 g/mol. The Labute approximate surface area is 223 Å². The number of esters is 1. The van der Waals surface area contributed by atoms with Gasteiger partial charge in [0.1, 0.15) is 5.75 Å². The van der Waals surface area contributed by atoms with E-state index in [1.165, 1.54) is 4.90 Å². The summed E-state index contributed by atoms with van der Waals surface area (Å²) >= 11 is 0.885. The Morgan fingerprint density at radius 1 is 0.737 bits per heavy atom. The highest BCUT2D eigenvalue weighted by Gasteiger charge is 2.35. The Morgan fingerprint density at radius 3 is 2.18 bits per heavy atom. The monoisotopic (exact) mass is 515 g/mol. The number of thioether (sulfide) groups is 1. The summed E-state index contributed by atoms with van der Waals surface area (Å²) < 4.78 is 5.78. The zero-order valence-electron chi connectivity index (χ0n) is 20.2. The van der Waals surface area contributed by atoms with E-state index < -0.39 is 5.97 Å². The number of carbonyl (C=O) groups excluding carboxylic acids is 3. The van der Waals surface area contributed by atoms with Crippen molar-refractivity contribution in [2.75, 3.05) is 0 Å². The third-order valence-corrected chi connectivity index (χ3v) is 7.41. The van der Waals surface area contributed by atoms with E-state index >= 15 is 0 Å². The lowest BCUT2D eigenvalue weighted by atomic mass is 10.0. The number of hydrogen-bond acceptors (Lipinski definition) is 5. The molecule has 0 N–H and O–H groups in total. The average Bonchev–Trinajstić information content (AvgIpc) is 3.21. The van der Waals surface area contributed by atoms with Gasteiger partial charge < -0.3 is 4.74 Å². The minimum Gasteiger partial charge on any atom is -0.422 e. The second-order valence-corrected chi connectivity index (χ2v) is 9.85. The van der Waals surface area contributed by atoms with Gasteiger partial charge in [0.25, 0.3) is 11.1 Å². The van der Waals surface area contributed by atoms with Gasteiger partial charge in [0.15, 0.2) is 0 Å². The van der Waals surface area contributed by atoms with Gasteiger partial charge in [0.2, 0.25) is 0 Å². The minimum absolute atomic E-state index is 0.182. The van der Waals surface area contributed by atoms with Gasteiger partial charge >= 0.3 is 5.97 Å². The van der Waals surface area contributed by atoms with Crippen molar-refractivity contribution < 1.29 is 19.1 Å². The van der Waals surface area contributed by atoms with Gasteiger partial charge in [-0.15, -0.1) is 0 Å². The molecule has 1 saturated heterocycles. The molecule has 0 bridgehead atoms. The summed E-state index contributed by atoms with van der Waals surface area (Å²) in [6.45, 7) is 0.182. The number of fused-ring (bicyclic) bond motifs is 2. The van der Waals surface area contributed by atoms with Crippen molar-refractivity contribution in [3.63, 3.8) is 0 Å².